The zero-order chi connectivity index (χ0) is 19.0. The molecule has 0 saturated carbocycles. The third-order valence-corrected chi connectivity index (χ3v) is 5.28. The molecule has 2 aromatic carbocycles. The molecule has 1 aliphatic rings. The van der Waals surface area contributed by atoms with Crippen LogP contribution in [0, 0.1) is 0 Å². The molecular formula is C19H16N2O5S. The third-order valence-electron chi connectivity index (χ3n) is 4.24. The van der Waals surface area contributed by atoms with E-state index in [0.29, 0.717) is 34.0 Å². The Bertz CT molecular complexity index is 1110. The monoisotopic (exact) mass is 384 g/mol. The van der Waals surface area contributed by atoms with Gasteiger partial charge in [-0.05, 0) is 31.2 Å². The Morgan fingerprint density at radius 1 is 1.15 bits per heavy atom. The summed E-state index contributed by atoms with van der Waals surface area (Å²) in [4.78, 5) is 28.9. The molecular weight excluding hydrogens is 368 g/mol. The molecule has 0 spiro atoms. The number of esters is 1. The predicted octanol–water partition coefficient (Wildman–Crippen LogP) is 2.98. The van der Waals surface area contributed by atoms with Gasteiger partial charge in [0.15, 0.2) is 16.3 Å². The Hall–Kier alpha value is -3.13. The van der Waals surface area contributed by atoms with Crippen LogP contribution in [-0.2, 0) is 11.3 Å². The first-order valence-corrected chi connectivity index (χ1v) is 9.12. The van der Waals surface area contributed by atoms with E-state index in [9.17, 15) is 9.59 Å². The van der Waals surface area contributed by atoms with Gasteiger partial charge in [-0.15, -0.1) is 0 Å². The van der Waals surface area contributed by atoms with Crippen LogP contribution >= 0.6 is 11.3 Å². The molecule has 0 aliphatic carbocycles. The van der Waals surface area contributed by atoms with E-state index in [0.717, 1.165) is 10.2 Å². The maximum atomic E-state index is 12.6. The molecule has 0 fully saturated rings. The number of rotatable bonds is 3. The van der Waals surface area contributed by atoms with Crippen molar-refractivity contribution in [2.75, 3.05) is 13.9 Å². The lowest BCUT2D eigenvalue weighted by Crippen LogP contribution is -2.16. The second-order valence-corrected chi connectivity index (χ2v) is 6.80. The van der Waals surface area contributed by atoms with Crippen LogP contribution < -0.4 is 14.3 Å². The molecule has 27 heavy (non-hydrogen) atoms. The molecule has 0 atom stereocenters. The average Bonchev–Trinajstić information content (AvgIpc) is 3.28. The summed E-state index contributed by atoms with van der Waals surface area (Å²) in [5.41, 5.74) is 1.73. The quantitative estimate of drug-likeness (QED) is 0.649. The maximum absolute atomic E-state index is 12.6. The molecule has 2 heterocycles. The van der Waals surface area contributed by atoms with Crippen LogP contribution in [0.3, 0.4) is 0 Å². The van der Waals surface area contributed by atoms with E-state index >= 15 is 0 Å². The second kappa shape index (κ2) is 6.88. The molecule has 1 amide bonds. The first-order chi connectivity index (χ1) is 13.1. The fraction of sp³-hybridized carbons (Fsp3) is 0.211. The molecule has 0 saturated heterocycles. The van der Waals surface area contributed by atoms with Crippen molar-refractivity contribution in [1.82, 2.24) is 4.57 Å². The number of aryl methyl sites for hydroxylation is 1. The molecule has 1 aromatic heterocycles. The summed E-state index contributed by atoms with van der Waals surface area (Å²) in [6, 6.07) is 10.0. The number of hydrogen-bond acceptors (Lipinski definition) is 6. The molecule has 1 aliphatic heterocycles. The van der Waals surface area contributed by atoms with E-state index < -0.39 is 5.97 Å². The highest BCUT2D eigenvalue weighted by atomic mass is 32.1. The number of nitrogens with zero attached hydrogens (tertiary/aromatic N) is 2. The van der Waals surface area contributed by atoms with Crippen LogP contribution in [0.25, 0.3) is 10.2 Å². The standard InChI is InChI=1S/C19H16N2O5S/c1-3-21-13-8-14-15(26-10-25-14)9-16(13)27-19(21)20-17(22)11-4-6-12(7-5-11)18(23)24-2/h4-9H,3,10H2,1-2H3. The largest absolute Gasteiger partial charge is 0.465 e. The van der Waals surface area contributed by atoms with Crippen LogP contribution in [0.1, 0.15) is 27.6 Å². The van der Waals surface area contributed by atoms with E-state index in [-0.39, 0.29) is 12.7 Å². The number of carbonyl (C=O) groups is 2. The minimum atomic E-state index is -0.447. The van der Waals surface area contributed by atoms with Gasteiger partial charge in [-0.1, -0.05) is 11.3 Å². The minimum absolute atomic E-state index is 0.218. The van der Waals surface area contributed by atoms with Gasteiger partial charge >= 0.3 is 5.97 Å². The van der Waals surface area contributed by atoms with Crippen molar-refractivity contribution in [2.24, 2.45) is 4.99 Å². The smallest absolute Gasteiger partial charge is 0.337 e. The fourth-order valence-electron chi connectivity index (χ4n) is 2.87. The lowest BCUT2D eigenvalue weighted by molar-refractivity contribution is 0.0600. The number of amides is 1. The number of benzene rings is 2. The Kier molecular flexibility index (Phi) is 4.41. The Balaban J connectivity index is 1.73. The highest BCUT2D eigenvalue weighted by Gasteiger charge is 2.17. The lowest BCUT2D eigenvalue weighted by Gasteiger charge is -2.02. The number of carbonyl (C=O) groups excluding carboxylic acids is 2. The number of hydrogen-bond donors (Lipinski definition) is 0. The molecule has 0 bridgehead atoms. The van der Waals surface area contributed by atoms with Crippen LogP contribution in [0.2, 0.25) is 0 Å². The Morgan fingerprint density at radius 3 is 2.48 bits per heavy atom. The van der Waals surface area contributed by atoms with E-state index in [1.165, 1.54) is 18.4 Å². The van der Waals surface area contributed by atoms with Gasteiger partial charge in [0.05, 0.1) is 22.9 Å². The van der Waals surface area contributed by atoms with E-state index in [1.54, 1.807) is 24.3 Å². The summed E-state index contributed by atoms with van der Waals surface area (Å²) in [5, 5.41) is 0. The normalized spacial score (nSPS) is 13.2. The van der Waals surface area contributed by atoms with Crippen LogP contribution in [0.5, 0.6) is 11.5 Å². The molecule has 0 N–H and O–H groups in total. The number of thiazole rings is 1. The topological polar surface area (TPSA) is 79.1 Å². The third kappa shape index (κ3) is 3.08. The molecule has 138 valence electrons. The Labute approximate surface area is 158 Å². The van der Waals surface area contributed by atoms with Gasteiger partial charge in [0.2, 0.25) is 6.79 Å². The van der Waals surface area contributed by atoms with Crippen LogP contribution in [0.15, 0.2) is 41.4 Å². The second-order valence-electron chi connectivity index (χ2n) is 5.79. The molecule has 7 nitrogen and oxygen atoms in total. The number of aromatic nitrogens is 1. The van der Waals surface area contributed by atoms with Crippen LogP contribution in [0.4, 0.5) is 0 Å². The average molecular weight is 384 g/mol. The van der Waals surface area contributed by atoms with Crippen LogP contribution in [-0.4, -0.2) is 30.3 Å². The summed E-state index contributed by atoms with van der Waals surface area (Å²) in [5.74, 6) is 0.569. The van der Waals surface area contributed by atoms with Gasteiger partial charge in [-0.2, -0.15) is 4.99 Å². The highest BCUT2D eigenvalue weighted by molar-refractivity contribution is 7.16. The van der Waals surface area contributed by atoms with Gasteiger partial charge in [0.1, 0.15) is 0 Å². The minimum Gasteiger partial charge on any atom is -0.465 e. The van der Waals surface area contributed by atoms with Gasteiger partial charge in [0, 0.05) is 24.2 Å². The summed E-state index contributed by atoms with van der Waals surface area (Å²) in [6.45, 7) is 2.87. The van der Waals surface area contributed by atoms with E-state index in [1.807, 2.05) is 23.6 Å². The van der Waals surface area contributed by atoms with Gasteiger partial charge in [0.25, 0.3) is 5.91 Å². The molecule has 0 radical (unpaired) electrons. The van der Waals surface area contributed by atoms with E-state index in [4.69, 9.17) is 9.47 Å². The van der Waals surface area contributed by atoms with Gasteiger partial charge in [-0.25, -0.2) is 4.79 Å². The van der Waals surface area contributed by atoms with Crippen molar-refractivity contribution in [3.63, 3.8) is 0 Å². The maximum Gasteiger partial charge on any atom is 0.337 e. The molecule has 3 aromatic rings. The zero-order valence-corrected chi connectivity index (χ0v) is 15.5. The summed E-state index contributed by atoms with van der Waals surface area (Å²) < 4.78 is 18.4. The molecule has 8 heteroatoms. The summed E-state index contributed by atoms with van der Waals surface area (Å²) in [7, 11) is 1.31. The van der Waals surface area contributed by atoms with Crippen molar-refractivity contribution < 1.29 is 23.8 Å². The zero-order valence-electron chi connectivity index (χ0n) is 14.7. The predicted molar refractivity (Wildman–Crippen MR) is 99.3 cm³/mol. The van der Waals surface area contributed by atoms with Gasteiger partial charge in [-0.3, -0.25) is 4.79 Å². The van der Waals surface area contributed by atoms with Gasteiger partial charge < -0.3 is 18.8 Å². The van der Waals surface area contributed by atoms with Crippen molar-refractivity contribution in [3.05, 3.63) is 52.3 Å². The molecule has 4 rings (SSSR count). The number of fused-ring (bicyclic) bond motifs is 2. The number of methoxy groups -OCH3 is 1. The van der Waals surface area contributed by atoms with Crippen molar-refractivity contribution in [2.45, 2.75) is 13.5 Å². The SMILES string of the molecule is CCn1c(=NC(=O)c2ccc(C(=O)OC)cc2)sc2cc3c(cc21)OCO3. The Morgan fingerprint density at radius 2 is 1.81 bits per heavy atom. The summed E-state index contributed by atoms with van der Waals surface area (Å²) >= 11 is 1.41. The fourth-order valence-corrected chi connectivity index (χ4v) is 3.97. The first kappa shape index (κ1) is 17.3. The van der Waals surface area contributed by atoms with Crippen molar-refractivity contribution in [1.29, 1.82) is 0 Å². The summed E-state index contributed by atoms with van der Waals surface area (Å²) in [6.07, 6.45) is 0. The lowest BCUT2D eigenvalue weighted by atomic mass is 10.1. The number of ether oxygens (including phenoxy) is 3. The van der Waals surface area contributed by atoms with Crippen molar-refractivity contribution in [3.8, 4) is 11.5 Å². The van der Waals surface area contributed by atoms with Crippen molar-refractivity contribution >= 4 is 33.4 Å². The molecule has 0 unspecified atom stereocenters. The van der Waals surface area contributed by atoms with E-state index in [2.05, 4.69) is 9.73 Å². The first-order valence-electron chi connectivity index (χ1n) is 8.31. The highest BCUT2D eigenvalue weighted by Crippen LogP contribution is 2.36.